The fourth-order valence-electron chi connectivity index (χ4n) is 2.88. The van der Waals surface area contributed by atoms with Crippen molar-refractivity contribution in [2.75, 3.05) is 0 Å². The van der Waals surface area contributed by atoms with Crippen LogP contribution in [0.25, 0.3) is 0 Å². The van der Waals surface area contributed by atoms with Crippen LogP contribution < -0.4 is 5.32 Å². The Bertz CT molecular complexity index is 832. The largest absolute Gasteiger partial charge is 0.346 e. The summed E-state index contributed by atoms with van der Waals surface area (Å²) in [6.07, 6.45) is 0.557. The number of nitrogens with zero attached hydrogens (tertiary/aromatic N) is 1. The number of hydrogen-bond acceptors (Lipinski definition) is 3. The number of carbonyl (C=O) groups excluding carboxylic acids is 3. The average molecular weight is 371 g/mol. The summed E-state index contributed by atoms with van der Waals surface area (Å²) >= 11 is 5.99. The summed E-state index contributed by atoms with van der Waals surface area (Å²) in [7, 11) is 0. The third-order valence-corrected chi connectivity index (χ3v) is 4.64. The van der Waals surface area contributed by atoms with Crippen LogP contribution in [0.2, 0.25) is 5.02 Å². The predicted octanol–water partition coefficient (Wildman–Crippen LogP) is 3.48. The van der Waals surface area contributed by atoms with Crippen molar-refractivity contribution in [2.24, 2.45) is 0 Å². The van der Waals surface area contributed by atoms with Crippen molar-refractivity contribution in [3.8, 4) is 0 Å². The summed E-state index contributed by atoms with van der Waals surface area (Å²) in [5.41, 5.74) is 2.25. The Morgan fingerprint density at radius 1 is 1.12 bits per heavy atom. The highest BCUT2D eigenvalue weighted by Gasteiger charge is 2.28. The van der Waals surface area contributed by atoms with Crippen LogP contribution in [0, 0.1) is 0 Å². The van der Waals surface area contributed by atoms with E-state index in [0.717, 1.165) is 11.1 Å². The third kappa shape index (κ3) is 4.11. The molecule has 6 heteroatoms. The lowest BCUT2D eigenvalue weighted by Crippen LogP contribution is -2.28. The molecule has 1 aliphatic heterocycles. The Labute approximate surface area is 156 Å². The average Bonchev–Trinajstić information content (AvgIpc) is 2.94. The molecule has 3 amide bonds. The van der Waals surface area contributed by atoms with Crippen molar-refractivity contribution in [1.29, 1.82) is 0 Å². The van der Waals surface area contributed by atoms with Crippen molar-refractivity contribution in [2.45, 2.75) is 32.4 Å². The van der Waals surface area contributed by atoms with Gasteiger partial charge in [0.15, 0.2) is 0 Å². The van der Waals surface area contributed by atoms with Crippen LogP contribution in [0.4, 0.5) is 0 Å². The van der Waals surface area contributed by atoms with Gasteiger partial charge in [-0.3, -0.25) is 19.3 Å². The lowest BCUT2D eigenvalue weighted by atomic mass is 10.1. The van der Waals surface area contributed by atoms with Crippen molar-refractivity contribution < 1.29 is 14.4 Å². The zero-order chi connectivity index (χ0) is 18.7. The molecule has 0 saturated carbocycles. The third-order valence-electron chi connectivity index (χ3n) is 4.41. The van der Waals surface area contributed by atoms with Gasteiger partial charge in [0.05, 0.1) is 12.6 Å². The number of carbonyl (C=O) groups is 3. The van der Waals surface area contributed by atoms with E-state index in [0.29, 0.717) is 10.6 Å². The van der Waals surface area contributed by atoms with Crippen LogP contribution in [0.1, 0.15) is 47.3 Å². The van der Waals surface area contributed by atoms with Gasteiger partial charge in [-0.15, -0.1) is 0 Å². The maximum absolute atomic E-state index is 12.4. The number of rotatable bonds is 5. The van der Waals surface area contributed by atoms with Gasteiger partial charge in [-0.2, -0.15) is 0 Å². The summed E-state index contributed by atoms with van der Waals surface area (Å²) in [6.45, 7) is 2.14. The van der Waals surface area contributed by atoms with E-state index in [1.54, 1.807) is 30.3 Å². The maximum Gasteiger partial charge on any atom is 0.251 e. The first-order valence-corrected chi connectivity index (χ1v) is 8.80. The molecule has 134 valence electrons. The van der Waals surface area contributed by atoms with Crippen molar-refractivity contribution in [1.82, 2.24) is 10.2 Å². The van der Waals surface area contributed by atoms with Crippen molar-refractivity contribution >= 4 is 29.3 Å². The molecule has 1 saturated heterocycles. The number of hydrogen-bond donors (Lipinski definition) is 1. The summed E-state index contributed by atoms with van der Waals surface area (Å²) in [6, 6.07) is 14.1. The normalized spacial score (nSPS) is 15.2. The van der Waals surface area contributed by atoms with Gasteiger partial charge in [0.2, 0.25) is 11.8 Å². The second-order valence-corrected chi connectivity index (χ2v) is 6.76. The lowest BCUT2D eigenvalue weighted by Gasteiger charge is -2.16. The molecular weight excluding hydrogens is 352 g/mol. The molecule has 0 bridgehead atoms. The van der Waals surface area contributed by atoms with Crippen LogP contribution in [0.15, 0.2) is 48.5 Å². The Morgan fingerprint density at radius 3 is 2.38 bits per heavy atom. The number of halogens is 1. The molecule has 5 nitrogen and oxygen atoms in total. The topological polar surface area (TPSA) is 66.5 Å². The molecule has 1 N–H and O–H groups in total. The molecule has 0 radical (unpaired) electrons. The quantitative estimate of drug-likeness (QED) is 0.819. The lowest BCUT2D eigenvalue weighted by molar-refractivity contribution is -0.139. The molecule has 1 aliphatic rings. The summed E-state index contributed by atoms with van der Waals surface area (Å²) < 4.78 is 0. The van der Waals surface area contributed by atoms with Crippen LogP contribution in [-0.2, 0) is 16.1 Å². The van der Waals surface area contributed by atoms with Crippen LogP contribution in [0.3, 0.4) is 0 Å². The Balaban J connectivity index is 1.63. The summed E-state index contributed by atoms with van der Waals surface area (Å²) in [4.78, 5) is 37.0. The summed E-state index contributed by atoms with van der Waals surface area (Å²) in [5, 5.41) is 3.55. The highest BCUT2D eigenvalue weighted by molar-refractivity contribution is 6.30. The van der Waals surface area contributed by atoms with Gasteiger partial charge < -0.3 is 5.32 Å². The predicted molar refractivity (Wildman–Crippen MR) is 98.6 cm³/mol. The van der Waals surface area contributed by atoms with E-state index in [-0.39, 0.29) is 43.1 Å². The minimum Gasteiger partial charge on any atom is -0.346 e. The molecular formula is C20H19ClN2O3. The van der Waals surface area contributed by atoms with Gasteiger partial charge in [-0.05, 0) is 42.3 Å². The van der Waals surface area contributed by atoms with E-state index in [9.17, 15) is 14.4 Å². The number of likely N-dealkylation sites (tertiary alicyclic amines) is 1. The van der Waals surface area contributed by atoms with E-state index in [4.69, 9.17) is 11.6 Å². The first kappa shape index (κ1) is 18.1. The van der Waals surface area contributed by atoms with E-state index in [1.807, 2.05) is 25.1 Å². The monoisotopic (exact) mass is 370 g/mol. The van der Waals surface area contributed by atoms with E-state index >= 15 is 0 Å². The molecule has 0 aliphatic carbocycles. The van der Waals surface area contributed by atoms with Gasteiger partial charge in [0.1, 0.15) is 0 Å². The highest BCUT2D eigenvalue weighted by atomic mass is 35.5. The van der Waals surface area contributed by atoms with Crippen molar-refractivity contribution in [3.05, 3.63) is 70.2 Å². The van der Waals surface area contributed by atoms with E-state index < -0.39 is 0 Å². The van der Waals surface area contributed by atoms with Gasteiger partial charge in [-0.25, -0.2) is 0 Å². The van der Waals surface area contributed by atoms with Crippen LogP contribution in [-0.4, -0.2) is 22.6 Å². The van der Waals surface area contributed by atoms with Crippen molar-refractivity contribution in [3.63, 3.8) is 0 Å². The molecule has 26 heavy (non-hydrogen) atoms. The van der Waals surface area contributed by atoms with Gasteiger partial charge >= 0.3 is 0 Å². The molecule has 1 heterocycles. The number of imide groups is 1. The van der Waals surface area contributed by atoms with Gasteiger partial charge in [-0.1, -0.05) is 35.9 Å². The van der Waals surface area contributed by atoms with Gasteiger partial charge in [0.25, 0.3) is 5.91 Å². The van der Waals surface area contributed by atoms with Gasteiger partial charge in [0, 0.05) is 23.4 Å². The standard InChI is InChI=1S/C20H19ClN2O3/c1-13(16-3-2-4-17(21)11-16)22-20(26)15-7-5-14(6-8-15)12-23-18(24)9-10-19(23)25/h2-8,11,13H,9-10,12H2,1H3,(H,22,26)/t13-/m1/s1. The highest BCUT2D eigenvalue weighted by Crippen LogP contribution is 2.19. The molecule has 1 fully saturated rings. The molecule has 2 aromatic rings. The Hall–Kier alpha value is -2.66. The second kappa shape index (κ2) is 7.70. The molecule has 0 unspecified atom stereocenters. The smallest absolute Gasteiger partial charge is 0.251 e. The fourth-order valence-corrected chi connectivity index (χ4v) is 3.08. The fraction of sp³-hybridized carbons (Fsp3) is 0.250. The SMILES string of the molecule is C[C@@H](NC(=O)c1ccc(CN2C(=O)CCC2=O)cc1)c1cccc(Cl)c1. The zero-order valence-corrected chi connectivity index (χ0v) is 15.1. The zero-order valence-electron chi connectivity index (χ0n) is 14.4. The molecule has 2 aromatic carbocycles. The minimum absolute atomic E-state index is 0.146. The number of benzene rings is 2. The maximum atomic E-state index is 12.4. The Kier molecular flexibility index (Phi) is 5.38. The first-order valence-electron chi connectivity index (χ1n) is 8.42. The number of amides is 3. The van der Waals surface area contributed by atoms with Crippen LogP contribution in [0.5, 0.6) is 0 Å². The second-order valence-electron chi connectivity index (χ2n) is 6.32. The number of nitrogens with one attached hydrogen (secondary N) is 1. The molecule has 0 spiro atoms. The summed E-state index contributed by atoms with van der Waals surface area (Å²) in [5.74, 6) is -0.489. The molecule has 0 aromatic heterocycles. The molecule has 1 atom stereocenters. The van der Waals surface area contributed by atoms with E-state index in [1.165, 1.54) is 4.90 Å². The minimum atomic E-state index is -0.197. The first-order chi connectivity index (χ1) is 12.4. The Morgan fingerprint density at radius 2 is 1.77 bits per heavy atom. The molecule has 3 rings (SSSR count). The van der Waals surface area contributed by atoms with E-state index in [2.05, 4.69) is 5.32 Å². The van der Waals surface area contributed by atoms with Crippen LogP contribution >= 0.6 is 11.6 Å².